The molecule has 2 fully saturated rings. The second-order valence-corrected chi connectivity index (χ2v) is 8.87. The molecule has 7 nitrogen and oxygen atoms in total. The van der Waals surface area contributed by atoms with Crippen molar-refractivity contribution >= 4 is 18.5 Å². The summed E-state index contributed by atoms with van der Waals surface area (Å²) in [5, 5.41) is 0. The molecule has 7 atom stereocenters. The molecule has 2 rings (SSSR count). The fourth-order valence-corrected chi connectivity index (χ4v) is 4.50. The molecule has 2 aliphatic heterocycles. The molecule has 136 valence electrons. The van der Waals surface area contributed by atoms with Crippen LogP contribution in [0.15, 0.2) is 0 Å². The van der Waals surface area contributed by atoms with Crippen molar-refractivity contribution in [1.29, 1.82) is 0 Å². The molecule has 0 amide bonds. The molecular formula is C14H27O7PS. The molecule has 2 heterocycles. The van der Waals surface area contributed by atoms with E-state index in [1.165, 1.54) is 0 Å². The number of hydrogen-bond acceptors (Lipinski definition) is 7. The third-order valence-electron chi connectivity index (χ3n) is 4.08. The Kier molecular flexibility index (Phi) is 7.40. The van der Waals surface area contributed by atoms with Gasteiger partial charge < -0.3 is 32.9 Å². The van der Waals surface area contributed by atoms with Crippen molar-refractivity contribution in [3.8, 4) is 0 Å². The monoisotopic (exact) mass is 370 g/mol. The molecule has 0 saturated carbocycles. The van der Waals surface area contributed by atoms with E-state index in [0.29, 0.717) is 13.0 Å². The minimum absolute atomic E-state index is 0.0343. The quantitative estimate of drug-likeness (QED) is 0.646. The van der Waals surface area contributed by atoms with Crippen molar-refractivity contribution in [2.24, 2.45) is 0 Å². The maximum absolute atomic E-state index is 10.3. The van der Waals surface area contributed by atoms with Gasteiger partial charge in [-0.2, -0.15) is 0 Å². The predicted molar refractivity (Wildman–Crippen MR) is 87.9 cm³/mol. The van der Waals surface area contributed by atoms with Gasteiger partial charge in [0.15, 0.2) is 0 Å². The molecule has 0 bridgehead atoms. The molecule has 0 aromatic rings. The van der Waals surface area contributed by atoms with Gasteiger partial charge in [0.05, 0.1) is 37.6 Å². The SMILES string of the molecule is COC[C@H]1O[C@@H](C)C[C@H]1OP(O)(=S)OC[C@H]1O[C@@H](C)C[C@H]1OC. The van der Waals surface area contributed by atoms with E-state index in [1.807, 2.05) is 13.8 Å². The maximum Gasteiger partial charge on any atom is 0.324 e. The number of methoxy groups -OCH3 is 2. The summed E-state index contributed by atoms with van der Waals surface area (Å²) in [6, 6.07) is 0. The molecule has 1 N–H and O–H groups in total. The summed E-state index contributed by atoms with van der Waals surface area (Å²) < 4.78 is 33.0. The van der Waals surface area contributed by atoms with Gasteiger partial charge in [-0.25, -0.2) is 0 Å². The molecule has 0 radical (unpaired) electrons. The van der Waals surface area contributed by atoms with Crippen LogP contribution in [-0.2, 0) is 39.8 Å². The Labute approximate surface area is 142 Å². The van der Waals surface area contributed by atoms with E-state index in [4.69, 9.17) is 39.8 Å². The Hall–Kier alpha value is 0.370. The van der Waals surface area contributed by atoms with Gasteiger partial charge in [-0.05, 0) is 25.7 Å². The van der Waals surface area contributed by atoms with E-state index in [2.05, 4.69) is 0 Å². The van der Waals surface area contributed by atoms with Crippen molar-refractivity contribution in [1.82, 2.24) is 0 Å². The van der Waals surface area contributed by atoms with Gasteiger partial charge in [-0.1, -0.05) is 0 Å². The van der Waals surface area contributed by atoms with Crippen molar-refractivity contribution in [3.63, 3.8) is 0 Å². The first-order valence-electron chi connectivity index (χ1n) is 7.83. The molecule has 9 heteroatoms. The van der Waals surface area contributed by atoms with Crippen LogP contribution in [-0.4, -0.2) is 69.0 Å². The molecule has 1 unspecified atom stereocenters. The van der Waals surface area contributed by atoms with Crippen LogP contribution in [0.2, 0.25) is 0 Å². The second-order valence-electron chi connectivity index (χ2n) is 6.08. The van der Waals surface area contributed by atoms with Gasteiger partial charge in [0.2, 0.25) is 0 Å². The highest BCUT2D eigenvalue weighted by molar-refractivity contribution is 8.07. The van der Waals surface area contributed by atoms with Crippen LogP contribution in [0, 0.1) is 0 Å². The third-order valence-corrected chi connectivity index (χ3v) is 5.66. The summed E-state index contributed by atoms with van der Waals surface area (Å²) in [4.78, 5) is 10.3. The lowest BCUT2D eigenvalue weighted by atomic mass is 10.1. The Balaban J connectivity index is 1.85. The average Bonchev–Trinajstić information content (AvgIpc) is 2.99. The summed E-state index contributed by atoms with van der Waals surface area (Å²) in [6.45, 7) is 1.08. The predicted octanol–water partition coefficient (Wildman–Crippen LogP) is 1.62. The maximum atomic E-state index is 10.3. The van der Waals surface area contributed by atoms with Crippen LogP contribution < -0.4 is 0 Å². The van der Waals surface area contributed by atoms with E-state index in [9.17, 15) is 4.89 Å². The average molecular weight is 370 g/mol. The van der Waals surface area contributed by atoms with Gasteiger partial charge in [-0.15, -0.1) is 0 Å². The summed E-state index contributed by atoms with van der Waals surface area (Å²) in [5.74, 6) is 0. The Bertz CT molecular complexity index is 424. The topological polar surface area (TPSA) is 75.6 Å². The fraction of sp³-hybridized carbons (Fsp3) is 1.00. The molecule has 2 saturated heterocycles. The number of ether oxygens (including phenoxy) is 4. The van der Waals surface area contributed by atoms with Crippen molar-refractivity contribution in [2.75, 3.05) is 27.4 Å². The van der Waals surface area contributed by atoms with Crippen LogP contribution in [0.1, 0.15) is 26.7 Å². The van der Waals surface area contributed by atoms with E-state index in [-0.39, 0.29) is 43.2 Å². The fourth-order valence-electron chi connectivity index (χ4n) is 3.03. The molecule has 0 spiro atoms. The zero-order valence-electron chi connectivity index (χ0n) is 14.0. The zero-order chi connectivity index (χ0) is 17.0. The van der Waals surface area contributed by atoms with Crippen LogP contribution in [0.5, 0.6) is 0 Å². The van der Waals surface area contributed by atoms with Crippen LogP contribution in [0.4, 0.5) is 0 Å². The molecule has 0 aromatic heterocycles. The minimum atomic E-state index is -3.38. The molecule has 0 aromatic carbocycles. The Morgan fingerprint density at radius 1 is 1.04 bits per heavy atom. The van der Waals surface area contributed by atoms with Gasteiger partial charge in [0.1, 0.15) is 12.2 Å². The highest BCUT2D eigenvalue weighted by Crippen LogP contribution is 2.48. The first-order chi connectivity index (χ1) is 10.8. The van der Waals surface area contributed by atoms with E-state index in [0.717, 1.165) is 6.42 Å². The Morgan fingerprint density at radius 3 is 2.17 bits per heavy atom. The third kappa shape index (κ3) is 5.70. The number of hydrogen-bond donors (Lipinski definition) is 1. The minimum Gasteiger partial charge on any atom is -0.382 e. The second kappa shape index (κ2) is 8.65. The van der Waals surface area contributed by atoms with Crippen molar-refractivity contribution in [2.45, 2.75) is 63.3 Å². The van der Waals surface area contributed by atoms with E-state index in [1.54, 1.807) is 14.2 Å². The summed E-state index contributed by atoms with van der Waals surface area (Å²) in [5.41, 5.74) is 0. The van der Waals surface area contributed by atoms with Gasteiger partial charge >= 0.3 is 6.72 Å². The normalized spacial score (nSPS) is 40.4. The van der Waals surface area contributed by atoms with Crippen LogP contribution >= 0.6 is 6.72 Å². The largest absolute Gasteiger partial charge is 0.382 e. The lowest BCUT2D eigenvalue weighted by Gasteiger charge is -2.25. The van der Waals surface area contributed by atoms with E-state index < -0.39 is 6.72 Å². The van der Waals surface area contributed by atoms with Crippen LogP contribution in [0.3, 0.4) is 0 Å². The van der Waals surface area contributed by atoms with E-state index >= 15 is 0 Å². The van der Waals surface area contributed by atoms with Crippen molar-refractivity contribution in [3.05, 3.63) is 0 Å². The zero-order valence-corrected chi connectivity index (χ0v) is 15.8. The summed E-state index contributed by atoms with van der Waals surface area (Å²) in [6.07, 6.45) is 0.688. The summed E-state index contributed by atoms with van der Waals surface area (Å²) >= 11 is 5.12. The van der Waals surface area contributed by atoms with Crippen LogP contribution in [0.25, 0.3) is 0 Å². The summed E-state index contributed by atoms with van der Waals surface area (Å²) in [7, 11) is 3.23. The highest BCUT2D eigenvalue weighted by atomic mass is 32.5. The van der Waals surface area contributed by atoms with Gasteiger partial charge in [0.25, 0.3) is 0 Å². The number of rotatable bonds is 8. The lowest BCUT2D eigenvalue weighted by Crippen LogP contribution is -2.30. The Morgan fingerprint density at radius 2 is 1.61 bits per heavy atom. The highest BCUT2D eigenvalue weighted by Gasteiger charge is 2.39. The lowest BCUT2D eigenvalue weighted by molar-refractivity contribution is -0.0392. The van der Waals surface area contributed by atoms with Gasteiger partial charge in [-0.3, -0.25) is 0 Å². The molecular weight excluding hydrogens is 343 g/mol. The molecule has 23 heavy (non-hydrogen) atoms. The van der Waals surface area contributed by atoms with Gasteiger partial charge in [0, 0.05) is 27.1 Å². The first kappa shape index (κ1) is 19.7. The standard InChI is InChI=1S/C14H27O7PS/c1-9-5-11(17-4)14(20-9)8-18-22(15,23)21-12-6-10(2)19-13(12)7-16-3/h9-14H,5-8H2,1-4H3,(H,15,23)/t9-,10-,11+,12+,13+,14+,22?/m0/s1. The smallest absolute Gasteiger partial charge is 0.324 e. The molecule has 2 aliphatic rings. The first-order valence-corrected chi connectivity index (χ1v) is 10.4. The molecule has 0 aliphatic carbocycles. The van der Waals surface area contributed by atoms with Crippen molar-refractivity contribution < 1.29 is 32.9 Å².